The van der Waals surface area contributed by atoms with Crippen molar-refractivity contribution in [2.45, 2.75) is 55.9 Å². The van der Waals surface area contributed by atoms with Gasteiger partial charge in [-0.2, -0.15) is 16.1 Å². The van der Waals surface area contributed by atoms with Crippen LogP contribution < -0.4 is 0 Å². The van der Waals surface area contributed by atoms with Crippen LogP contribution in [0.15, 0.2) is 29.2 Å². The summed E-state index contributed by atoms with van der Waals surface area (Å²) in [5.41, 5.74) is 0.591. The fourth-order valence-corrected chi connectivity index (χ4v) is 7.45. The van der Waals surface area contributed by atoms with E-state index in [0.717, 1.165) is 63.4 Å². The van der Waals surface area contributed by atoms with Gasteiger partial charge in [-0.15, -0.1) is 0 Å². The third kappa shape index (κ3) is 5.64. The smallest absolute Gasteiger partial charge is 0.254 e. The number of rotatable bonds is 5. The molecule has 0 saturated carbocycles. The molecule has 6 nitrogen and oxygen atoms in total. The summed E-state index contributed by atoms with van der Waals surface area (Å²) in [7, 11) is -3.47. The Morgan fingerprint density at radius 2 is 1.52 bits per heavy atom. The molecule has 0 radical (unpaired) electrons. The molecule has 3 heterocycles. The van der Waals surface area contributed by atoms with E-state index in [1.807, 2.05) is 16.7 Å². The van der Waals surface area contributed by atoms with E-state index < -0.39 is 10.0 Å². The van der Waals surface area contributed by atoms with Crippen LogP contribution in [-0.2, 0) is 10.0 Å². The maximum absolute atomic E-state index is 13.4. The van der Waals surface area contributed by atoms with E-state index in [1.165, 1.54) is 19.3 Å². The van der Waals surface area contributed by atoms with Crippen LogP contribution in [0.1, 0.15) is 55.3 Å². The van der Waals surface area contributed by atoms with Crippen LogP contribution in [-0.4, -0.2) is 85.2 Å². The van der Waals surface area contributed by atoms with Crippen LogP contribution in [0, 0.1) is 0 Å². The van der Waals surface area contributed by atoms with Gasteiger partial charge in [0.05, 0.1) is 10.9 Å². The van der Waals surface area contributed by atoms with Crippen molar-refractivity contribution in [2.75, 3.05) is 50.8 Å². The van der Waals surface area contributed by atoms with Crippen LogP contribution in [0.2, 0.25) is 0 Å². The minimum Gasteiger partial charge on any atom is -0.334 e. The molecule has 1 aromatic rings. The topological polar surface area (TPSA) is 60.9 Å². The number of thioether (sulfide) groups is 1. The predicted octanol–water partition coefficient (Wildman–Crippen LogP) is 3.29. The van der Waals surface area contributed by atoms with Gasteiger partial charge in [0, 0.05) is 37.5 Å². The number of likely N-dealkylation sites (tertiary alicyclic amines) is 1. The summed E-state index contributed by atoms with van der Waals surface area (Å²) in [5, 5.41) is 0. The van der Waals surface area contributed by atoms with E-state index >= 15 is 0 Å². The molecule has 1 atom stereocenters. The average Bonchev–Trinajstić information content (AvgIpc) is 3.05. The molecule has 3 saturated heterocycles. The van der Waals surface area contributed by atoms with Gasteiger partial charge in [0.15, 0.2) is 0 Å². The van der Waals surface area contributed by atoms with Gasteiger partial charge in [0.1, 0.15) is 0 Å². The fourth-order valence-electron chi connectivity index (χ4n) is 4.88. The molecule has 3 aliphatic heterocycles. The number of carbonyl (C=O) groups is 1. The molecular formula is C23H35N3O3S2. The second-order valence-corrected chi connectivity index (χ2v) is 12.0. The molecule has 3 fully saturated rings. The van der Waals surface area contributed by atoms with E-state index in [2.05, 4.69) is 4.90 Å². The van der Waals surface area contributed by atoms with Crippen molar-refractivity contribution in [1.29, 1.82) is 0 Å². The van der Waals surface area contributed by atoms with Crippen molar-refractivity contribution in [1.82, 2.24) is 14.1 Å². The van der Waals surface area contributed by atoms with E-state index in [0.29, 0.717) is 23.5 Å². The lowest BCUT2D eigenvalue weighted by atomic mass is 10.1. The Balaban J connectivity index is 1.47. The second kappa shape index (κ2) is 10.7. The summed E-state index contributed by atoms with van der Waals surface area (Å²) in [5.74, 6) is 2.10. The molecule has 0 aromatic heterocycles. The summed E-state index contributed by atoms with van der Waals surface area (Å²) in [6.45, 7) is 5.16. The van der Waals surface area contributed by atoms with E-state index in [9.17, 15) is 13.2 Å². The fraction of sp³-hybridized carbons (Fsp3) is 0.696. The lowest BCUT2D eigenvalue weighted by molar-refractivity contribution is 0.0645. The summed E-state index contributed by atoms with van der Waals surface area (Å²) in [4.78, 5) is 18.3. The third-order valence-corrected chi connectivity index (χ3v) is 9.78. The molecule has 0 aliphatic carbocycles. The van der Waals surface area contributed by atoms with Crippen LogP contribution in [0.3, 0.4) is 0 Å². The highest BCUT2D eigenvalue weighted by Crippen LogP contribution is 2.24. The first-order valence-electron chi connectivity index (χ1n) is 11.8. The lowest BCUT2D eigenvalue weighted by Gasteiger charge is -2.35. The summed E-state index contributed by atoms with van der Waals surface area (Å²) in [6, 6.07) is 6.85. The molecule has 4 rings (SSSR count). The van der Waals surface area contributed by atoms with Crippen LogP contribution in [0.25, 0.3) is 0 Å². The van der Waals surface area contributed by atoms with Gasteiger partial charge >= 0.3 is 0 Å². The Hall–Kier alpha value is -1.09. The van der Waals surface area contributed by atoms with Crippen molar-refractivity contribution < 1.29 is 13.2 Å². The standard InChI is InChI=1S/C23H35N3O3S2/c27-23(26-16-7-17-30-19-21(26)18-24-12-3-1-4-13-24)20-8-10-22(11-9-20)31(28,29)25-14-5-2-6-15-25/h8-11,21H,1-7,12-19H2. The monoisotopic (exact) mass is 465 g/mol. The number of nitrogens with zero attached hydrogens (tertiary/aromatic N) is 3. The molecule has 0 bridgehead atoms. The SMILES string of the molecule is O=C(c1ccc(S(=O)(=O)N2CCCCC2)cc1)N1CCCSCC1CN1CCCCC1. The number of hydrogen-bond acceptors (Lipinski definition) is 5. The zero-order valence-corrected chi connectivity index (χ0v) is 20.0. The summed E-state index contributed by atoms with van der Waals surface area (Å²) in [6.07, 6.45) is 7.75. The Kier molecular flexibility index (Phi) is 7.96. The van der Waals surface area contributed by atoms with E-state index in [4.69, 9.17) is 0 Å². The quantitative estimate of drug-likeness (QED) is 0.668. The van der Waals surface area contributed by atoms with Crippen LogP contribution in [0.5, 0.6) is 0 Å². The highest BCUT2D eigenvalue weighted by atomic mass is 32.2. The first-order valence-corrected chi connectivity index (χ1v) is 14.4. The van der Waals surface area contributed by atoms with Gasteiger partial charge in [0.2, 0.25) is 10.0 Å². The Bertz CT molecular complexity index is 832. The van der Waals surface area contributed by atoms with Crippen molar-refractivity contribution in [2.24, 2.45) is 0 Å². The number of benzene rings is 1. The number of amides is 1. The molecule has 1 aromatic carbocycles. The van der Waals surface area contributed by atoms with Gasteiger partial charge < -0.3 is 9.80 Å². The van der Waals surface area contributed by atoms with E-state index in [-0.39, 0.29) is 11.9 Å². The minimum absolute atomic E-state index is 0.0337. The highest BCUT2D eigenvalue weighted by molar-refractivity contribution is 7.99. The number of hydrogen-bond donors (Lipinski definition) is 0. The van der Waals surface area contributed by atoms with Crippen LogP contribution in [0.4, 0.5) is 0 Å². The molecule has 1 amide bonds. The van der Waals surface area contributed by atoms with Gasteiger partial charge in [-0.25, -0.2) is 8.42 Å². The van der Waals surface area contributed by atoms with Crippen molar-refractivity contribution >= 4 is 27.7 Å². The second-order valence-electron chi connectivity index (χ2n) is 8.93. The summed E-state index contributed by atoms with van der Waals surface area (Å²) < 4.78 is 27.4. The first kappa shape index (κ1) is 23.1. The molecule has 1 unspecified atom stereocenters. The molecule has 172 valence electrons. The predicted molar refractivity (Wildman–Crippen MR) is 126 cm³/mol. The Morgan fingerprint density at radius 1 is 0.871 bits per heavy atom. The molecule has 0 N–H and O–H groups in total. The average molecular weight is 466 g/mol. The minimum atomic E-state index is -3.47. The van der Waals surface area contributed by atoms with Crippen LogP contribution >= 0.6 is 11.8 Å². The van der Waals surface area contributed by atoms with Crippen molar-refractivity contribution in [3.8, 4) is 0 Å². The zero-order chi connectivity index (χ0) is 21.7. The maximum Gasteiger partial charge on any atom is 0.254 e. The van der Waals surface area contributed by atoms with Gasteiger partial charge in [0.25, 0.3) is 5.91 Å². The third-order valence-electron chi connectivity index (χ3n) is 6.67. The highest BCUT2D eigenvalue weighted by Gasteiger charge is 2.30. The lowest BCUT2D eigenvalue weighted by Crippen LogP contribution is -2.49. The molecule has 0 spiro atoms. The Labute approximate surface area is 191 Å². The van der Waals surface area contributed by atoms with E-state index in [1.54, 1.807) is 28.6 Å². The Morgan fingerprint density at radius 3 is 2.19 bits per heavy atom. The normalized spacial score (nSPS) is 24.6. The first-order chi connectivity index (χ1) is 15.1. The zero-order valence-electron chi connectivity index (χ0n) is 18.4. The van der Waals surface area contributed by atoms with Gasteiger partial charge in [-0.05, 0) is 75.2 Å². The molecule has 8 heteroatoms. The molecular weight excluding hydrogens is 430 g/mol. The number of piperidine rings is 2. The maximum atomic E-state index is 13.4. The molecule has 31 heavy (non-hydrogen) atoms. The van der Waals surface area contributed by atoms with Gasteiger partial charge in [-0.1, -0.05) is 12.8 Å². The molecule has 3 aliphatic rings. The number of carbonyl (C=O) groups excluding carboxylic acids is 1. The largest absolute Gasteiger partial charge is 0.334 e. The number of sulfonamides is 1. The van der Waals surface area contributed by atoms with Crippen molar-refractivity contribution in [3.63, 3.8) is 0 Å². The summed E-state index contributed by atoms with van der Waals surface area (Å²) >= 11 is 1.94. The van der Waals surface area contributed by atoms with Crippen molar-refractivity contribution in [3.05, 3.63) is 29.8 Å². The van der Waals surface area contributed by atoms with Gasteiger partial charge in [-0.3, -0.25) is 4.79 Å².